The fourth-order valence-corrected chi connectivity index (χ4v) is 1.08. The molecule has 1 saturated heterocycles. The second-order valence-electron chi connectivity index (χ2n) is 2.60. The van der Waals surface area contributed by atoms with Gasteiger partial charge in [-0.05, 0) is 7.05 Å². The fourth-order valence-electron chi connectivity index (χ4n) is 1.08. The Bertz CT molecular complexity index is 108. The third kappa shape index (κ3) is 1.79. The third-order valence-electron chi connectivity index (χ3n) is 1.90. The van der Waals surface area contributed by atoms with Gasteiger partial charge < -0.3 is 0 Å². The highest BCUT2D eigenvalue weighted by Gasteiger charge is 2.12. The molecule has 0 saturated carbocycles. The molecule has 1 aliphatic rings. The molecule has 0 spiro atoms. The van der Waals surface area contributed by atoms with Crippen LogP contribution in [-0.4, -0.2) is 48.9 Å². The van der Waals surface area contributed by atoms with Gasteiger partial charge in [0.1, 0.15) is 6.21 Å². The third-order valence-corrected chi connectivity index (χ3v) is 1.90. The molecule has 52 valence electrons. The number of hydrogen-bond acceptors (Lipinski definition) is 1. The van der Waals surface area contributed by atoms with Crippen LogP contribution in [0.25, 0.3) is 0 Å². The zero-order chi connectivity index (χ0) is 6.69. The van der Waals surface area contributed by atoms with Gasteiger partial charge in [-0.25, -0.2) is 4.58 Å². The maximum atomic E-state index is 2.36. The van der Waals surface area contributed by atoms with E-state index in [2.05, 4.69) is 29.7 Å². The van der Waals surface area contributed by atoms with E-state index in [1.165, 1.54) is 26.2 Å². The van der Waals surface area contributed by atoms with Crippen LogP contribution in [0.2, 0.25) is 0 Å². The molecule has 0 aromatic rings. The SMILES string of the molecule is CC=[N+]1CCN(C)CC1. The molecular formula is C7H15N2+. The van der Waals surface area contributed by atoms with Crippen LogP contribution in [0.1, 0.15) is 6.92 Å². The molecule has 9 heavy (non-hydrogen) atoms. The van der Waals surface area contributed by atoms with Crippen molar-refractivity contribution in [2.24, 2.45) is 0 Å². The van der Waals surface area contributed by atoms with Crippen LogP contribution in [0.4, 0.5) is 0 Å². The minimum absolute atomic E-state index is 1.20. The summed E-state index contributed by atoms with van der Waals surface area (Å²) < 4.78 is 2.36. The molecule has 2 heteroatoms. The van der Waals surface area contributed by atoms with Gasteiger partial charge in [-0.3, -0.25) is 4.90 Å². The van der Waals surface area contributed by atoms with E-state index >= 15 is 0 Å². The highest BCUT2D eigenvalue weighted by Crippen LogP contribution is 1.90. The van der Waals surface area contributed by atoms with Crippen molar-refractivity contribution in [3.8, 4) is 0 Å². The highest BCUT2D eigenvalue weighted by atomic mass is 15.2. The average molecular weight is 127 g/mol. The predicted molar refractivity (Wildman–Crippen MR) is 39.2 cm³/mol. The van der Waals surface area contributed by atoms with Crippen LogP contribution < -0.4 is 0 Å². The van der Waals surface area contributed by atoms with Gasteiger partial charge in [0.25, 0.3) is 0 Å². The van der Waals surface area contributed by atoms with Crippen LogP contribution in [0.15, 0.2) is 0 Å². The molecule has 0 unspecified atom stereocenters. The lowest BCUT2D eigenvalue weighted by Gasteiger charge is -2.19. The predicted octanol–water partition coefficient (Wildman–Crippen LogP) is 0.0350. The molecular weight excluding hydrogens is 112 g/mol. The maximum Gasteiger partial charge on any atom is 0.155 e. The minimum Gasteiger partial charge on any atom is -0.294 e. The summed E-state index contributed by atoms with van der Waals surface area (Å²) in [4.78, 5) is 2.36. The van der Waals surface area contributed by atoms with Gasteiger partial charge in [-0.15, -0.1) is 0 Å². The quantitative estimate of drug-likeness (QED) is 0.416. The first-order chi connectivity index (χ1) is 4.33. The summed E-state index contributed by atoms with van der Waals surface area (Å²) in [5, 5.41) is 0. The van der Waals surface area contributed by atoms with Crippen molar-refractivity contribution < 1.29 is 4.58 Å². The van der Waals surface area contributed by atoms with Gasteiger partial charge in [-0.1, -0.05) is 0 Å². The van der Waals surface area contributed by atoms with Crippen molar-refractivity contribution in [1.29, 1.82) is 0 Å². The normalized spacial score (nSPS) is 22.2. The number of rotatable bonds is 0. The largest absolute Gasteiger partial charge is 0.294 e. The highest BCUT2D eigenvalue weighted by molar-refractivity contribution is 5.46. The van der Waals surface area contributed by atoms with Crippen molar-refractivity contribution in [2.45, 2.75) is 6.92 Å². The van der Waals surface area contributed by atoms with Crippen LogP contribution in [0.3, 0.4) is 0 Å². The van der Waals surface area contributed by atoms with Crippen molar-refractivity contribution in [2.75, 3.05) is 33.2 Å². The monoisotopic (exact) mass is 127 g/mol. The standard InChI is InChI=1S/C7H15N2/c1-3-9-6-4-8(2)5-7-9/h3H,4-7H2,1-2H3/q+1. The van der Waals surface area contributed by atoms with Gasteiger partial charge in [0.2, 0.25) is 0 Å². The van der Waals surface area contributed by atoms with Crippen LogP contribution in [0.5, 0.6) is 0 Å². The Balaban J connectivity index is 2.35. The Morgan fingerprint density at radius 3 is 2.33 bits per heavy atom. The van der Waals surface area contributed by atoms with E-state index < -0.39 is 0 Å². The zero-order valence-corrected chi connectivity index (χ0v) is 6.30. The fraction of sp³-hybridized carbons (Fsp3) is 0.857. The summed E-state index contributed by atoms with van der Waals surface area (Å²) in [6.07, 6.45) is 2.17. The Labute approximate surface area is 56.8 Å². The Kier molecular flexibility index (Phi) is 2.22. The van der Waals surface area contributed by atoms with E-state index in [9.17, 15) is 0 Å². The molecule has 0 aliphatic carbocycles. The molecule has 1 rings (SSSR count). The molecule has 0 N–H and O–H groups in total. The van der Waals surface area contributed by atoms with Crippen molar-refractivity contribution in [3.63, 3.8) is 0 Å². The van der Waals surface area contributed by atoms with Gasteiger partial charge in [0.15, 0.2) is 13.1 Å². The summed E-state index contributed by atoms with van der Waals surface area (Å²) >= 11 is 0. The number of piperazine rings is 1. The molecule has 1 fully saturated rings. The van der Waals surface area contributed by atoms with Gasteiger partial charge in [0, 0.05) is 6.92 Å². The molecule has 0 bridgehead atoms. The molecule has 0 aromatic carbocycles. The lowest BCUT2D eigenvalue weighted by atomic mass is 10.4. The number of hydrogen-bond donors (Lipinski definition) is 0. The van der Waals surface area contributed by atoms with Gasteiger partial charge >= 0.3 is 0 Å². The molecule has 0 atom stereocenters. The van der Waals surface area contributed by atoms with E-state index in [0.29, 0.717) is 0 Å². The first kappa shape index (κ1) is 6.75. The van der Waals surface area contributed by atoms with Crippen LogP contribution in [0, 0.1) is 0 Å². The Hall–Kier alpha value is -0.370. The lowest BCUT2D eigenvalue weighted by molar-refractivity contribution is -0.535. The topological polar surface area (TPSA) is 6.25 Å². The van der Waals surface area contributed by atoms with Gasteiger partial charge in [-0.2, -0.15) is 0 Å². The average Bonchev–Trinajstić information content (AvgIpc) is 1.90. The van der Waals surface area contributed by atoms with Crippen molar-refractivity contribution in [3.05, 3.63) is 0 Å². The molecule has 0 radical (unpaired) electrons. The van der Waals surface area contributed by atoms with E-state index in [-0.39, 0.29) is 0 Å². The molecule has 0 aromatic heterocycles. The minimum atomic E-state index is 1.20. The lowest BCUT2D eigenvalue weighted by Crippen LogP contribution is -2.39. The zero-order valence-electron chi connectivity index (χ0n) is 6.30. The smallest absolute Gasteiger partial charge is 0.155 e. The Morgan fingerprint density at radius 2 is 1.89 bits per heavy atom. The first-order valence-electron chi connectivity index (χ1n) is 3.55. The van der Waals surface area contributed by atoms with E-state index in [1.807, 2.05) is 0 Å². The van der Waals surface area contributed by atoms with Crippen LogP contribution in [-0.2, 0) is 0 Å². The van der Waals surface area contributed by atoms with Crippen LogP contribution >= 0.6 is 0 Å². The van der Waals surface area contributed by atoms with E-state index in [0.717, 1.165) is 0 Å². The van der Waals surface area contributed by atoms with E-state index in [4.69, 9.17) is 0 Å². The van der Waals surface area contributed by atoms with Gasteiger partial charge in [0.05, 0.1) is 13.1 Å². The van der Waals surface area contributed by atoms with E-state index in [1.54, 1.807) is 0 Å². The van der Waals surface area contributed by atoms with Crippen molar-refractivity contribution >= 4 is 6.21 Å². The maximum absolute atomic E-state index is 2.36. The summed E-state index contributed by atoms with van der Waals surface area (Å²) in [6, 6.07) is 0. The second-order valence-corrected chi connectivity index (χ2v) is 2.60. The summed E-state index contributed by atoms with van der Waals surface area (Å²) in [7, 11) is 2.17. The molecule has 0 amide bonds. The Morgan fingerprint density at radius 1 is 1.33 bits per heavy atom. The summed E-state index contributed by atoms with van der Waals surface area (Å²) in [5.74, 6) is 0. The summed E-state index contributed by atoms with van der Waals surface area (Å²) in [6.45, 7) is 6.93. The number of likely N-dealkylation sites (N-methyl/N-ethyl adjacent to an activating group) is 1. The molecule has 1 heterocycles. The molecule has 2 nitrogen and oxygen atoms in total. The molecule has 1 aliphatic heterocycles. The second kappa shape index (κ2) is 2.97. The summed E-state index contributed by atoms with van der Waals surface area (Å²) in [5.41, 5.74) is 0. The first-order valence-corrected chi connectivity index (χ1v) is 3.55. The number of nitrogens with zero attached hydrogens (tertiary/aromatic N) is 2. The van der Waals surface area contributed by atoms with Crippen molar-refractivity contribution in [1.82, 2.24) is 4.90 Å².